The normalized spacial score (nSPS) is 10.6. The first-order chi connectivity index (χ1) is 13.7. The lowest BCUT2D eigenvalue weighted by Gasteiger charge is -2.12. The third-order valence-corrected chi connectivity index (χ3v) is 4.27. The molecule has 0 radical (unpaired) electrons. The number of nitrogens with zero attached hydrogens (tertiary/aromatic N) is 5. The van der Waals surface area contributed by atoms with Gasteiger partial charge in [0.2, 0.25) is 5.91 Å². The number of nitrogens with two attached hydrogens (primary N) is 1. The zero-order valence-corrected chi connectivity index (χ0v) is 14.9. The second-order valence-corrected chi connectivity index (χ2v) is 6.20. The summed E-state index contributed by atoms with van der Waals surface area (Å²) in [6.07, 6.45) is 6.89. The van der Waals surface area contributed by atoms with Crippen LogP contribution in [0, 0.1) is 0 Å². The Hall–Kier alpha value is -4.00. The van der Waals surface area contributed by atoms with Crippen LogP contribution in [0.1, 0.15) is 5.56 Å². The monoisotopic (exact) mass is 368 g/mol. The van der Waals surface area contributed by atoms with Gasteiger partial charge in [0, 0.05) is 29.1 Å². The fourth-order valence-corrected chi connectivity index (χ4v) is 2.98. The Morgan fingerprint density at radius 1 is 0.821 bits per heavy atom. The quantitative estimate of drug-likeness (QED) is 0.580. The van der Waals surface area contributed by atoms with E-state index in [0.29, 0.717) is 0 Å². The van der Waals surface area contributed by atoms with Gasteiger partial charge in [-0.1, -0.05) is 12.1 Å². The maximum atomic E-state index is 11.3. The number of benzene rings is 1. The second-order valence-electron chi connectivity index (χ2n) is 6.20. The fourth-order valence-electron chi connectivity index (χ4n) is 2.98. The van der Waals surface area contributed by atoms with E-state index < -0.39 is 0 Å². The van der Waals surface area contributed by atoms with Crippen molar-refractivity contribution in [2.75, 3.05) is 0 Å². The summed E-state index contributed by atoms with van der Waals surface area (Å²) >= 11 is 0. The van der Waals surface area contributed by atoms with Crippen LogP contribution in [-0.2, 0) is 11.2 Å². The van der Waals surface area contributed by atoms with Crippen molar-refractivity contribution in [3.63, 3.8) is 0 Å². The summed E-state index contributed by atoms with van der Waals surface area (Å²) in [5, 5.41) is 15.8. The van der Waals surface area contributed by atoms with Crippen LogP contribution >= 0.6 is 0 Å². The van der Waals surface area contributed by atoms with Crippen molar-refractivity contribution in [3.8, 4) is 33.6 Å². The Morgan fingerprint density at radius 3 is 2.43 bits per heavy atom. The number of amides is 1. The molecule has 7 nitrogen and oxygen atoms in total. The summed E-state index contributed by atoms with van der Waals surface area (Å²) in [5.41, 5.74) is 11.3. The zero-order chi connectivity index (χ0) is 19.3. The van der Waals surface area contributed by atoms with Crippen molar-refractivity contribution in [3.05, 3.63) is 78.9 Å². The van der Waals surface area contributed by atoms with E-state index in [1.54, 1.807) is 24.8 Å². The molecule has 0 bridgehead atoms. The smallest absolute Gasteiger partial charge is 0.221 e. The molecule has 0 aliphatic rings. The van der Waals surface area contributed by atoms with Gasteiger partial charge in [-0.2, -0.15) is 20.4 Å². The van der Waals surface area contributed by atoms with Crippen molar-refractivity contribution in [2.45, 2.75) is 6.42 Å². The van der Waals surface area contributed by atoms with Gasteiger partial charge in [0.25, 0.3) is 0 Å². The number of pyridine rings is 1. The molecule has 7 heteroatoms. The molecule has 0 saturated heterocycles. The largest absolute Gasteiger partial charge is 0.369 e. The molecule has 0 aliphatic heterocycles. The molecule has 4 rings (SSSR count). The lowest BCUT2D eigenvalue weighted by atomic mass is 9.95. The van der Waals surface area contributed by atoms with Crippen LogP contribution in [-0.4, -0.2) is 31.3 Å². The van der Waals surface area contributed by atoms with Gasteiger partial charge in [-0.3, -0.25) is 9.78 Å². The summed E-state index contributed by atoms with van der Waals surface area (Å²) in [4.78, 5) is 16.0. The van der Waals surface area contributed by atoms with E-state index >= 15 is 0 Å². The number of carbonyl (C=O) groups is 1. The summed E-state index contributed by atoms with van der Waals surface area (Å²) in [6.45, 7) is 0. The number of hydrogen-bond acceptors (Lipinski definition) is 6. The first kappa shape index (κ1) is 17.4. The van der Waals surface area contributed by atoms with Crippen molar-refractivity contribution in [2.24, 2.45) is 5.73 Å². The van der Waals surface area contributed by atoms with Crippen molar-refractivity contribution >= 4 is 5.91 Å². The third-order valence-electron chi connectivity index (χ3n) is 4.27. The van der Waals surface area contributed by atoms with E-state index in [-0.39, 0.29) is 12.3 Å². The second kappa shape index (κ2) is 7.71. The Morgan fingerprint density at radius 2 is 1.75 bits per heavy atom. The number of rotatable bonds is 5. The van der Waals surface area contributed by atoms with E-state index in [4.69, 9.17) is 5.73 Å². The van der Waals surface area contributed by atoms with Gasteiger partial charge in [-0.15, -0.1) is 0 Å². The summed E-state index contributed by atoms with van der Waals surface area (Å²) < 4.78 is 0. The van der Waals surface area contributed by atoms with Gasteiger partial charge in [-0.05, 0) is 47.5 Å². The number of aromatic nitrogens is 5. The molecule has 4 aromatic rings. The van der Waals surface area contributed by atoms with Gasteiger partial charge in [-0.25, -0.2) is 0 Å². The minimum absolute atomic E-state index is 0.166. The average molecular weight is 368 g/mol. The van der Waals surface area contributed by atoms with E-state index in [1.165, 1.54) is 0 Å². The maximum Gasteiger partial charge on any atom is 0.221 e. The first-order valence-electron chi connectivity index (χ1n) is 8.63. The van der Waals surface area contributed by atoms with Crippen molar-refractivity contribution in [1.82, 2.24) is 25.4 Å². The van der Waals surface area contributed by atoms with Gasteiger partial charge in [0.15, 0.2) is 0 Å². The van der Waals surface area contributed by atoms with Crippen LogP contribution in [0.15, 0.2) is 73.3 Å². The molecule has 1 amide bonds. The van der Waals surface area contributed by atoms with Gasteiger partial charge < -0.3 is 5.73 Å². The molecule has 0 unspecified atom stereocenters. The summed E-state index contributed by atoms with van der Waals surface area (Å²) in [7, 11) is 0. The predicted molar refractivity (Wildman–Crippen MR) is 105 cm³/mol. The minimum Gasteiger partial charge on any atom is -0.369 e. The Labute approximate surface area is 161 Å². The lowest BCUT2D eigenvalue weighted by Crippen LogP contribution is -2.13. The number of carbonyl (C=O) groups excluding carboxylic acids is 1. The van der Waals surface area contributed by atoms with Crippen LogP contribution in [0.3, 0.4) is 0 Å². The lowest BCUT2D eigenvalue weighted by molar-refractivity contribution is -0.117. The van der Waals surface area contributed by atoms with Crippen molar-refractivity contribution in [1.29, 1.82) is 0 Å². The molecule has 1 aromatic carbocycles. The molecule has 0 fully saturated rings. The molecule has 28 heavy (non-hydrogen) atoms. The van der Waals surface area contributed by atoms with Crippen LogP contribution < -0.4 is 5.73 Å². The molecule has 3 heterocycles. The summed E-state index contributed by atoms with van der Waals surface area (Å²) in [5.74, 6) is -0.379. The molecule has 0 spiro atoms. The highest BCUT2D eigenvalue weighted by atomic mass is 16.1. The number of hydrogen-bond donors (Lipinski definition) is 1. The fraction of sp³-hybridized carbons (Fsp3) is 0.0476. The molecule has 0 saturated carbocycles. The standard InChI is InChI=1S/C21H16N6O/c22-21(28)11-14-3-5-17(15-7-9-24-26-13-15)18(10-14)20-6-4-16(12-23-20)19-2-1-8-25-27-19/h1-10,12-13H,11H2,(H2,22,28). The maximum absolute atomic E-state index is 11.3. The molecule has 136 valence electrons. The Balaban J connectivity index is 1.79. The molecular weight excluding hydrogens is 352 g/mol. The highest BCUT2D eigenvalue weighted by molar-refractivity contribution is 5.84. The van der Waals surface area contributed by atoms with Crippen molar-refractivity contribution < 1.29 is 4.79 Å². The molecule has 0 atom stereocenters. The van der Waals surface area contributed by atoms with Crippen LogP contribution in [0.4, 0.5) is 0 Å². The average Bonchev–Trinajstić information content (AvgIpc) is 2.75. The molecule has 2 N–H and O–H groups in total. The van der Waals surface area contributed by atoms with Crippen LogP contribution in [0.5, 0.6) is 0 Å². The zero-order valence-electron chi connectivity index (χ0n) is 14.9. The van der Waals surface area contributed by atoms with E-state index in [2.05, 4.69) is 25.4 Å². The Bertz CT molecular complexity index is 1100. The van der Waals surface area contributed by atoms with E-state index in [0.717, 1.165) is 39.2 Å². The SMILES string of the molecule is NC(=O)Cc1ccc(-c2ccnnc2)c(-c2ccc(-c3cccnn3)cn2)c1. The topological polar surface area (TPSA) is 108 Å². The van der Waals surface area contributed by atoms with E-state index in [1.807, 2.05) is 48.5 Å². The van der Waals surface area contributed by atoms with E-state index in [9.17, 15) is 4.79 Å². The predicted octanol–water partition coefficient (Wildman–Crippen LogP) is 2.69. The minimum atomic E-state index is -0.379. The van der Waals surface area contributed by atoms with Gasteiger partial charge >= 0.3 is 0 Å². The van der Waals surface area contributed by atoms with Gasteiger partial charge in [0.05, 0.1) is 30.2 Å². The third kappa shape index (κ3) is 3.73. The van der Waals surface area contributed by atoms with Crippen LogP contribution in [0.2, 0.25) is 0 Å². The summed E-state index contributed by atoms with van der Waals surface area (Å²) in [6, 6.07) is 15.2. The Kier molecular flexibility index (Phi) is 4.79. The molecule has 0 aliphatic carbocycles. The van der Waals surface area contributed by atoms with Gasteiger partial charge in [0.1, 0.15) is 0 Å². The highest BCUT2D eigenvalue weighted by Crippen LogP contribution is 2.32. The first-order valence-corrected chi connectivity index (χ1v) is 8.63. The molecular formula is C21H16N6O. The number of primary amides is 1. The molecule has 3 aromatic heterocycles. The van der Waals surface area contributed by atoms with Crippen LogP contribution in [0.25, 0.3) is 33.6 Å². The highest BCUT2D eigenvalue weighted by Gasteiger charge is 2.12.